The van der Waals surface area contributed by atoms with Crippen molar-refractivity contribution in [3.63, 3.8) is 0 Å². The topological polar surface area (TPSA) is 78.4 Å². The molecule has 30 heavy (non-hydrogen) atoms. The van der Waals surface area contributed by atoms with Gasteiger partial charge in [-0.05, 0) is 31.9 Å². The zero-order valence-corrected chi connectivity index (χ0v) is 17.8. The van der Waals surface area contributed by atoms with Gasteiger partial charge in [0.15, 0.2) is 5.69 Å². The van der Waals surface area contributed by atoms with Gasteiger partial charge in [-0.1, -0.05) is 17.7 Å². The van der Waals surface area contributed by atoms with E-state index in [0.717, 1.165) is 11.6 Å². The Morgan fingerprint density at radius 3 is 2.23 bits per heavy atom. The molecule has 2 heterocycles. The Kier molecular flexibility index (Phi) is 6.23. The molecule has 0 aliphatic carbocycles. The SMILES string of the molecule is Cc1ccc(S(=O)(=O)N2CCC(Nc3nc(N(C)C)cc(C(F)(F)F)n3)CC2)cc1. The minimum Gasteiger partial charge on any atom is -0.363 e. The quantitative estimate of drug-likeness (QED) is 0.765. The molecule has 11 heteroatoms. The van der Waals surface area contributed by atoms with Crippen molar-refractivity contribution >= 4 is 21.8 Å². The first-order chi connectivity index (χ1) is 14.0. The van der Waals surface area contributed by atoms with Gasteiger partial charge in [0.25, 0.3) is 0 Å². The third-order valence-electron chi connectivity index (χ3n) is 4.91. The van der Waals surface area contributed by atoms with E-state index < -0.39 is 21.9 Å². The number of benzene rings is 1. The lowest BCUT2D eigenvalue weighted by Crippen LogP contribution is -2.42. The number of piperidine rings is 1. The van der Waals surface area contributed by atoms with E-state index in [0.29, 0.717) is 12.8 Å². The molecule has 0 radical (unpaired) electrons. The average Bonchev–Trinajstić information content (AvgIpc) is 2.68. The molecule has 164 valence electrons. The first kappa shape index (κ1) is 22.3. The van der Waals surface area contributed by atoms with Gasteiger partial charge in [-0.25, -0.2) is 13.4 Å². The fourth-order valence-electron chi connectivity index (χ4n) is 3.16. The normalized spacial score (nSPS) is 16.5. The molecule has 1 saturated heterocycles. The Labute approximate surface area is 174 Å². The molecular weight excluding hydrogens is 419 g/mol. The Hall–Kier alpha value is -2.40. The number of nitrogens with one attached hydrogen (secondary N) is 1. The van der Waals surface area contributed by atoms with Crippen molar-refractivity contribution in [1.29, 1.82) is 0 Å². The summed E-state index contributed by atoms with van der Waals surface area (Å²) in [5.41, 5.74) is -0.0573. The van der Waals surface area contributed by atoms with Gasteiger partial charge < -0.3 is 10.2 Å². The number of alkyl halides is 3. The van der Waals surface area contributed by atoms with Gasteiger partial charge in [-0.3, -0.25) is 0 Å². The van der Waals surface area contributed by atoms with Crippen molar-refractivity contribution in [1.82, 2.24) is 14.3 Å². The number of halogens is 3. The largest absolute Gasteiger partial charge is 0.433 e. The molecular formula is C19H24F3N5O2S. The van der Waals surface area contributed by atoms with Crippen LogP contribution in [0.1, 0.15) is 24.1 Å². The van der Waals surface area contributed by atoms with E-state index in [1.54, 1.807) is 38.4 Å². The van der Waals surface area contributed by atoms with E-state index in [1.807, 2.05) is 6.92 Å². The van der Waals surface area contributed by atoms with Crippen LogP contribution in [-0.4, -0.2) is 55.9 Å². The van der Waals surface area contributed by atoms with E-state index in [-0.39, 0.29) is 35.8 Å². The van der Waals surface area contributed by atoms with Crippen molar-refractivity contribution < 1.29 is 21.6 Å². The third-order valence-corrected chi connectivity index (χ3v) is 6.82. The molecule has 7 nitrogen and oxygen atoms in total. The van der Waals surface area contributed by atoms with Crippen LogP contribution in [0.3, 0.4) is 0 Å². The Bertz CT molecular complexity index is 986. The summed E-state index contributed by atoms with van der Waals surface area (Å²) in [6, 6.07) is 7.31. The van der Waals surface area contributed by atoms with E-state index in [2.05, 4.69) is 15.3 Å². The van der Waals surface area contributed by atoms with Gasteiger partial charge in [0.2, 0.25) is 16.0 Å². The minimum absolute atomic E-state index is 0.117. The second-order valence-electron chi connectivity index (χ2n) is 7.46. The molecule has 0 unspecified atom stereocenters. The highest BCUT2D eigenvalue weighted by Crippen LogP contribution is 2.31. The van der Waals surface area contributed by atoms with Crippen molar-refractivity contribution in [3.05, 3.63) is 41.6 Å². The molecule has 1 N–H and O–H groups in total. The highest BCUT2D eigenvalue weighted by molar-refractivity contribution is 7.89. The predicted molar refractivity (Wildman–Crippen MR) is 108 cm³/mol. The summed E-state index contributed by atoms with van der Waals surface area (Å²) in [6.07, 6.45) is -3.72. The third kappa shape index (κ3) is 5.01. The first-order valence-corrected chi connectivity index (χ1v) is 10.9. The number of nitrogens with zero attached hydrogens (tertiary/aromatic N) is 4. The van der Waals surface area contributed by atoms with Gasteiger partial charge in [0.05, 0.1) is 4.90 Å². The van der Waals surface area contributed by atoms with Gasteiger partial charge >= 0.3 is 6.18 Å². The van der Waals surface area contributed by atoms with Crippen LogP contribution in [0.5, 0.6) is 0 Å². The van der Waals surface area contributed by atoms with Crippen LogP contribution >= 0.6 is 0 Å². The number of hydrogen-bond acceptors (Lipinski definition) is 6. The van der Waals surface area contributed by atoms with Gasteiger partial charge in [-0.15, -0.1) is 0 Å². The van der Waals surface area contributed by atoms with Crippen LogP contribution in [-0.2, 0) is 16.2 Å². The number of aryl methyl sites for hydroxylation is 1. The molecule has 1 aliphatic heterocycles. The molecule has 1 aromatic heterocycles. The van der Waals surface area contributed by atoms with Crippen LogP contribution in [0.2, 0.25) is 0 Å². The highest BCUT2D eigenvalue weighted by Gasteiger charge is 2.35. The zero-order chi connectivity index (χ0) is 22.1. The summed E-state index contributed by atoms with van der Waals surface area (Å²) < 4.78 is 66.4. The second kappa shape index (κ2) is 8.38. The molecule has 0 saturated carbocycles. The van der Waals surface area contributed by atoms with Crippen LogP contribution in [0.25, 0.3) is 0 Å². The maximum Gasteiger partial charge on any atom is 0.433 e. The predicted octanol–water partition coefficient (Wildman–Crippen LogP) is 3.14. The Morgan fingerprint density at radius 1 is 1.10 bits per heavy atom. The minimum atomic E-state index is -4.59. The van der Waals surface area contributed by atoms with Gasteiger partial charge in [0.1, 0.15) is 5.82 Å². The molecule has 2 aromatic rings. The maximum absolute atomic E-state index is 13.1. The number of sulfonamides is 1. The molecule has 1 aromatic carbocycles. The molecule has 1 fully saturated rings. The van der Waals surface area contributed by atoms with Crippen molar-refractivity contribution in [2.45, 2.75) is 36.9 Å². The van der Waals surface area contributed by atoms with Gasteiger partial charge in [-0.2, -0.15) is 22.5 Å². The lowest BCUT2D eigenvalue weighted by Gasteiger charge is -2.31. The van der Waals surface area contributed by atoms with Crippen molar-refractivity contribution in [3.8, 4) is 0 Å². The van der Waals surface area contributed by atoms with Crippen LogP contribution < -0.4 is 10.2 Å². The van der Waals surface area contributed by atoms with Crippen molar-refractivity contribution in [2.75, 3.05) is 37.4 Å². The smallest absolute Gasteiger partial charge is 0.363 e. The molecule has 0 bridgehead atoms. The summed E-state index contributed by atoms with van der Waals surface area (Å²) in [6.45, 7) is 2.39. The summed E-state index contributed by atoms with van der Waals surface area (Å²) in [7, 11) is -0.404. The number of anilines is 2. The highest BCUT2D eigenvalue weighted by atomic mass is 32.2. The fraction of sp³-hybridized carbons (Fsp3) is 0.474. The molecule has 1 aliphatic rings. The summed E-state index contributed by atoms with van der Waals surface area (Å²) in [5.74, 6) is 0.0209. The molecule has 0 spiro atoms. The van der Waals surface area contributed by atoms with Crippen molar-refractivity contribution in [2.24, 2.45) is 0 Å². The van der Waals surface area contributed by atoms with Crippen LogP contribution in [0, 0.1) is 6.92 Å². The van der Waals surface area contributed by atoms with E-state index in [4.69, 9.17) is 0 Å². The Morgan fingerprint density at radius 2 is 1.70 bits per heavy atom. The van der Waals surface area contributed by atoms with E-state index in [9.17, 15) is 21.6 Å². The number of rotatable bonds is 5. The zero-order valence-electron chi connectivity index (χ0n) is 16.9. The maximum atomic E-state index is 13.1. The molecule has 0 amide bonds. The molecule has 0 atom stereocenters. The lowest BCUT2D eigenvalue weighted by molar-refractivity contribution is -0.141. The summed E-state index contributed by atoms with van der Waals surface area (Å²) >= 11 is 0. The fourth-order valence-corrected chi connectivity index (χ4v) is 4.63. The first-order valence-electron chi connectivity index (χ1n) is 9.44. The van der Waals surface area contributed by atoms with Crippen LogP contribution in [0.15, 0.2) is 35.2 Å². The number of hydrogen-bond donors (Lipinski definition) is 1. The Balaban J connectivity index is 1.70. The monoisotopic (exact) mass is 443 g/mol. The second-order valence-corrected chi connectivity index (χ2v) is 9.40. The van der Waals surface area contributed by atoms with Gasteiger partial charge in [0, 0.05) is 39.3 Å². The lowest BCUT2D eigenvalue weighted by atomic mass is 10.1. The number of aromatic nitrogens is 2. The molecule has 3 rings (SSSR count). The average molecular weight is 443 g/mol. The standard InChI is InChI=1S/C19H24F3N5O2S/c1-13-4-6-15(7-5-13)30(28,29)27-10-8-14(9-11-27)23-18-24-16(19(20,21)22)12-17(25-18)26(2)3/h4-7,12,14H,8-11H2,1-3H3,(H,23,24,25). The van der Waals surface area contributed by atoms with E-state index in [1.165, 1.54) is 9.21 Å². The summed E-state index contributed by atoms with van der Waals surface area (Å²) in [5, 5.41) is 2.94. The van der Waals surface area contributed by atoms with E-state index >= 15 is 0 Å². The van der Waals surface area contributed by atoms with Crippen LogP contribution in [0.4, 0.5) is 24.9 Å². The summed E-state index contributed by atoms with van der Waals surface area (Å²) in [4.78, 5) is 9.44.